The highest BCUT2D eigenvalue weighted by Gasteiger charge is 1.81. The van der Waals surface area contributed by atoms with E-state index in [2.05, 4.69) is 17.5 Å². The molecule has 0 bridgehead atoms. The highest BCUT2D eigenvalue weighted by molar-refractivity contribution is 5.59. The van der Waals surface area contributed by atoms with Gasteiger partial charge < -0.3 is 5.43 Å². The molecule has 0 aliphatic carbocycles. The molecule has 0 saturated carbocycles. The van der Waals surface area contributed by atoms with Crippen molar-refractivity contribution in [2.75, 3.05) is 6.54 Å². The Morgan fingerprint density at radius 2 is 2.36 bits per heavy atom. The minimum Gasteiger partial charge on any atom is -0.310 e. The topological polar surface area (TPSA) is 48.2 Å². The Hall–Kier alpha value is -1.04. The van der Waals surface area contributed by atoms with E-state index in [0.717, 1.165) is 13.0 Å². The Kier molecular flexibility index (Phi) is 8.11. The second-order valence-corrected chi connectivity index (χ2v) is 2.29. The average Bonchev–Trinajstić information content (AvgIpc) is 2.03. The standard InChI is InChI=1S/C8H15N3/c1-2-3-4-7-10-11-8-5-6-9/h8,10H,2-5,7H2,1H3/b11-8-. The smallest absolute Gasteiger partial charge is 0.0722 e. The maximum absolute atomic E-state index is 8.14. The molecule has 0 fully saturated rings. The molecule has 0 aromatic rings. The van der Waals surface area contributed by atoms with Crippen LogP contribution in [0.5, 0.6) is 0 Å². The van der Waals surface area contributed by atoms with E-state index in [1.165, 1.54) is 12.8 Å². The number of nitrogens with one attached hydrogen (secondary N) is 1. The van der Waals surface area contributed by atoms with Crippen molar-refractivity contribution >= 4 is 6.21 Å². The van der Waals surface area contributed by atoms with E-state index >= 15 is 0 Å². The molecular weight excluding hydrogens is 138 g/mol. The van der Waals surface area contributed by atoms with E-state index in [9.17, 15) is 0 Å². The van der Waals surface area contributed by atoms with Gasteiger partial charge in [-0.25, -0.2) is 0 Å². The van der Waals surface area contributed by atoms with Crippen LogP contribution in [0.1, 0.15) is 32.6 Å². The summed E-state index contributed by atoms with van der Waals surface area (Å²) in [5, 5.41) is 12.0. The maximum atomic E-state index is 8.14. The van der Waals surface area contributed by atoms with Crippen molar-refractivity contribution in [3.05, 3.63) is 0 Å². The van der Waals surface area contributed by atoms with Crippen molar-refractivity contribution in [2.45, 2.75) is 32.6 Å². The molecule has 0 atom stereocenters. The molecule has 1 N–H and O–H groups in total. The molecule has 0 aliphatic rings. The molecule has 0 aromatic carbocycles. The summed E-state index contributed by atoms with van der Waals surface area (Å²) in [6.07, 6.45) is 5.59. The second-order valence-electron chi connectivity index (χ2n) is 2.29. The molecule has 0 unspecified atom stereocenters. The summed E-state index contributed by atoms with van der Waals surface area (Å²) in [6, 6.07) is 1.98. The third-order valence-electron chi connectivity index (χ3n) is 1.26. The van der Waals surface area contributed by atoms with Gasteiger partial charge in [-0.2, -0.15) is 10.4 Å². The molecular formula is C8H15N3. The lowest BCUT2D eigenvalue weighted by molar-refractivity contribution is 0.640. The van der Waals surface area contributed by atoms with Crippen LogP contribution in [-0.2, 0) is 0 Å². The molecule has 0 saturated heterocycles. The number of rotatable bonds is 6. The van der Waals surface area contributed by atoms with Crippen molar-refractivity contribution in [2.24, 2.45) is 5.10 Å². The van der Waals surface area contributed by atoms with Gasteiger partial charge in [0, 0.05) is 12.8 Å². The summed E-state index contributed by atoms with van der Waals surface area (Å²) in [7, 11) is 0. The van der Waals surface area contributed by atoms with Gasteiger partial charge in [0.1, 0.15) is 0 Å². The van der Waals surface area contributed by atoms with Gasteiger partial charge in [-0.3, -0.25) is 0 Å². The predicted molar refractivity (Wildman–Crippen MR) is 46.2 cm³/mol. The molecule has 62 valence electrons. The van der Waals surface area contributed by atoms with E-state index in [1.807, 2.05) is 6.07 Å². The molecule has 0 rings (SSSR count). The Labute approximate surface area is 68.1 Å². The van der Waals surface area contributed by atoms with E-state index in [-0.39, 0.29) is 0 Å². The van der Waals surface area contributed by atoms with Crippen molar-refractivity contribution in [1.82, 2.24) is 5.43 Å². The third-order valence-corrected chi connectivity index (χ3v) is 1.26. The first-order chi connectivity index (χ1) is 5.41. The summed E-state index contributed by atoms with van der Waals surface area (Å²) in [6.45, 7) is 3.08. The zero-order valence-electron chi connectivity index (χ0n) is 7.01. The number of nitrogens with zero attached hydrogens (tertiary/aromatic N) is 2. The molecule has 3 nitrogen and oxygen atoms in total. The van der Waals surface area contributed by atoms with Gasteiger partial charge in [0.15, 0.2) is 0 Å². The normalized spacial score (nSPS) is 9.82. The molecule has 0 aromatic heterocycles. The molecule has 0 heterocycles. The fourth-order valence-electron chi connectivity index (χ4n) is 0.670. The Morgan fingerprint density at radius 3 is 3.00 bits per heavy atom. The van der Waals surface area contributed by atoms with Crippen molar-refractivity contribution in [3.8, 4) is 6.07 Å². The molecule has 0 aliphatic heterocycles. The van der Waals surface area contributed by atoms with Gasteiger partial charge in [-0.1, -0.05) is 19.8 Å². The Balaban J connectivity index is 2.96. The molecule has 0 radical (unpaired) electrons. The first kappa shape index (κ1) is 9.96. The number of nitriles is 1. The number of hydrogen-bond acceptors (Lipinski definition) is 3. The van der Waals surface area contributed by atoms with Gasteiger partial charge in [0.25, 0.3) is 0 Å². The Bertz CT molecular complexity index is 135. The highest BCUT2D eigenvalue weighted by atomic mass is 15.3. The van der Waals surface area contributed by atoms with E-state index < -0.39 is 0 Å². The van der Waals surface area contributed by atoms with Crippen LogP contribution in [0.25, 0.3) is 0 Å². The zero-order valence-corrected chi connectivity index (χ0v) is 7.01. The zero-order chi connectivity index (χ0) is 8.36. The lowest BCUT2D eigenvalue weighted by Crippen LogP contribution is -2.06. The first-order valence-corrected chi connectivity index (χ1v) is 4.03. The fraction of sp³-hybridized carbons (Fsp3) is 0.750. The second kappa shape index (κ2) is 8.96. The predicted octanol–water partition coefficient (Wildman–Crippen LogP) is 1.67. The van der Waals surface area contributed by atoms with Crippen LogP contribution in [0.2, 0.25) is 0 Å². The van der Waals surface area contributed by atoms with E-state index in [4.69, 9.17) is 5.26 Å². The quantitative estimate of drug-likeness (QED) is 0.358. The van der Waals surface area contributed by atoms with Crippen LogP contribution in [0.15, 0.2) is 5.10 Å². The van der Waals surface area contributed by atoms with Crippen LogP contribution in [0.3, 0.4) is 0 Å². The van der Waals surface area contributed by atoms with Gasteiger partial charge in [0.05, 0.1) is 12.5 Å². The van der Waals surface area contributed by atoms with Crippen LogP contribution in [0.4, 0.5) is 0 Å². The van der Waals surface area contributed by atoms with Gasteiger partial charge in [-0.05, 0) is 6.42 Å². The highest BCUT2D eigenvalue weighted by Crippen LogP contribution is 1.90. The minimum atomic E-state index is 0.390. The summed E-state index contributed by atoms with van der Waals surface area (Å²) < 4.78 is 0. The van der Waals surface area contributed by atoms with Gasteiger partial charge in [-0.15, -0.1) is 0 Å². The number of hydrazone groups is 1. The monoisotopic (exact) mass is 153 g/mol. The minimum absolute atomic E-state index is 0.390. The SMILES string of the molecule is CCCCCN/N=C\CC#N. The van der Waals surface area contributed by atoms with Crippen molar-refractivity contribution < 1.29 is 0 Å². The summed E-state index contributed by atoms with van der Waals surface area (Å²) in [4.78, 5) is 0. The average molecular weight is 153 g/mol. The number of unbranched alkanes of at least 4 members (excludes halogenated alkanes) is 2. The lowest BCUT2D eigenvalue weighted by Gasteiger charge is -1.96. The summed E-state index contributed by atoms with van der Waals surface area (Å²) >= 11 is 0. The summed E-state index contributed by atoms with van der Waals surface area (Å²) in [5.41, 5.74) is 2.87. The van der Waals surface area contributed by atoms with Gasteiger partial charge >= 0.3 is 0 Å². The first-order valence-electron chi connectivity index (χ1n) is 4.03. The van der Waals surface area contributed by atoms with Crippen LogP contribution in [-0.4, -0.2) is 12.8 Å². The Morgan fingerprint density at radius 1 is 1.55 bits per heavy atom. The molecule has 0 amide bonds. The van der Waals surface area contributed by atoms with Crippen LogP contribution < -0.4 is 5.43 Å². The lowest BCUT2D eigenvalue weighted by atomic mass is 10.3. The maximum Gasteiger partial charge on any atom is 0.0722 e. The van der Waals surface area contributed by atoms with Crippen molar-refractivity contribution in [3.63, 3.8) is 0 Å². The fourth-order valence-corrected chi connectivity index (χ4v) is 0.670. The van der Waals surface area contributed by atoms with Crippen LogP contribution in [0, 0.1) is 11.3 Å². The van der Waals surface area contributed by atoms with E-state index in [1.54, 1.807) is 6.21 Å². The van der Waals surface area contributed by atoms with Gasteiger partial charge in [0.2, 0.25) is 0 Å². The molecule has 0 spiro atoms. The third kappa shape index (κ3) is 8.96. The summed E-state index contributed by atoms with van der Waals surface area (Å²) in [5.74, 6) is 0. The van der Waals surface area contributed by atoms with Crippen molar-refractivity contribution in [1.29, 1.82) is 5.26 Å². The largest absolute Gasteiger partial charge is 0.310 e. The van der Waals surface area contributed by atoms with E-state index in [0.29, 0.717) is 6.42 Å². The van der Waals surface area contributed by atoms with Crippen LogP contribution >= 0.6 is 0 Å². The molecule has 11 heavy (non-hydrogen) atoms. The molecule has 3 heteroatoms. The number of hydrogen-bond donors (Lipinski definition) is 1.